The molecule has 10 aromatic rings. The first-order chi connectivity index (χ1) is 43.3. The zero-order valence-corrected chi connectivity index (χ0v) is 64.2. The van der Waals surface area contributed by atoms with E-state index in [0.717, 1.165) is 49.7 Å². The van der Waals surface area contributed by atoms with E-state index >= 15 is 0 Å². The Balaban J connectivity index is 0.000000420. The van der Waals surface area contributed by atoms with Crippen LogP contribution in [0.2, 0.25) is 0 Å². The topological polar surface area (TPSA) is 106 Å². The Morgan fingerprint density at radius 2 is 0.787 bits per heavy atom. The van der Waals surface area contributed by atoms with Crippen LogP contribution < -0.4 is 0 Å². The number of aromatic nitrogens is 8. The summed E-state index contributed by atoms with van der Waals surface area (Å²) < 4.78 is 57.6. The minimum absolute atomic E-state index is 0. The minimum atomic E-state index is -6.00. The van der Waals surface area contributed by atoms with Crippen LogP contribution in [0.1, 0.15) is 250 Å². The summed E-state index contributed by atoms with van der Waals surface area (Å²) in [6, 6.07) is 33.0. The quantitative estimate of drug-likeness (QED) is 0.0721. The van der Waals surface area contributed by atoms with Crippen molar-refractivity contribution in [2.45, 2.75) is 219 Å². The standard InChI is InChI=1S/C23H25N3O.C23H24N3O.C15H19BrN2.C8H16.2C3H7.CH4.BF4.2Ir/c2*1-14(2)18-7-6-8-19(15(3)4)22(18)26-12-11-24-23(26)17-9-10-21-20(13-17)25-16(5)27-21;1-10(2)12-6-5-7-13(11(3)4)14(12)18-9-8-17-15(18)16;1-2-4-6-8-7-5-3-1;2*1-3-2;;2-1(3,4)5;;/h6-15H,1-5H3;6-8,10-15H,1-5H3;5-11H,1-4H3;1-8H2;2*3H,1-2H3;1H4;;;/q;-1;;;2*-1;;-1;;+3. The zero-order valence-electron chi connectivity index (χ0n) is 57.9. The van der Waals surface area contributed by atoms with Gasteiger partial charge in [-0.05, 0) is 103 Å². The van der Waals surface area contributed by atoms with Crippen LogP contribution in [-0.2, 0) is 40.2 Å². The van der Waals surface area contributed by atoms with Crippen LogP contribution >= 0.6 is 15.9 Å². The first kappa shape index (κ1) is 84.3. The first-order valence-corrected chi connectivity index (χ1v) is 33.2. The molecule has 1 aliphatic rings. The molecular formula is C76H102BBrF4Ir2N8O2-. The Kier molecular flexibility index (Phi) is 37.1. The SMILES string of the molecule is C.C1CCCCCCC1.CC(C)c1cccc(C(C)C)c1-n1ccnc1Br.C[CH-]C.C[CH-]C.Cc1nc2cc(-c3nccn3-c3c(C(C)C)cccc3C(C)C)[c-]cc2o1.Cc1nc2cc(-c3nccn3-c3c(C(C)C)cccc3C(C)C)ccc2o1.F[B-](F)(F)F.[Ir+3].[Ir]. The third-order valence-corrected chi connectivity index (χ3v) is 15.6. The first-order valence-electron chi connectivity index (χ1n) is 32.4. The third kappa shape index (κ3) is 24.4. The van der Waals surface area contributed by atoms with Gasteiger partial charge >= 0.3 is 27.4 Å². The van der Waals surface area contributed by atoms with Gasteiger partial charge in [-0.25, -0.2) is 19.9 Å². The molecule has 0 bridgehead atoms. The van der Waals surface area contributed by atoms with Gasteiger partial charge in [-0.3, -0.25) is 14.1 Å². The third-order valence-electron chi connectivity index (χ3n) is 15.0. The van der Waals surface area contributed by atoms with Crippen molar-refractivity contribution in [1.29, 1.82) is 0 Å². The summed E-state index contributed by atoms with van der Waals surface area (Å²) in [5.41, 5.74) is 17.0. The second-order valence-electron chi connectivity index (χ2n) is 24.8. The minimum Gasteiger partial charge on any atom is -0.488 e. The molecule has 0 amide bonds. The van der Waals surface area contributed by atoms with Gasteiger partial charge in [0.25, 0.3) is 0 Å². The van der Waals surface area contributed by atoms with E-state index in [2.05, 4.69) is 217 Å². The number of benzene rings is 5. The van der Waals surface area contributed by atoms with Crippen LogP contribution in [0.4, 0.5) is 17.3 Å². The summed E-state index contributed by atoms with van der Waals surface area (Å²) in [7, 11) is -6.00. The molecule has 515 valence electrons. The summed E-state index contributed by atoms with van der Waals surface area (Å²) in [4.78, 5) is 22.5. The van der Waals surface area contributed by atoms with E-state index < -0.39 is 7.25 Å². The van der Waals surface area contributed by atoms with Gasteiger partial charge in [0.05, 0.1) is 22.8 Å². The molecule has 10 nitrogen and oxygen atoms in total. The van der Waals surface area contributed by atoms with Gasteiger partial charge in [-0.2, -0.15) is 27.7 Å². The molecule has 0 spiro atoms. The maximum atomic E-state index is 9.75. The molecule has 0 aliphatic heterocycles. The molecule has 0 unspecified atom stereocenters. The van der Waals surface area contributed by atoms with Crippen molar-refractivity contribution in [3.8, 4) is 39.8 Å². The van der Waals surface area contributed by atoms with Crippen LogP contribution in [0.5, 0.6) is 0 Å². The molecular weight excluding hydrogens is 1610 g/mol. The number of nitrogens with zero attached hydrogens (tertiary/aromatic N) is 8. The van der Waals surface area contributed by atoms with Crippen LogP contribution in [0.25, 0.3) is 62.0 Å². The van der Waals surface area contributed by atoms with Crippen LogP contribution in [0.15, 0.2) is 136 Å². The van der Waals surface area contributed by atoms with E-state index in [1.165, 1.54) is 102 Å². The molecule has 0 N–H and O–H groups in total. The predicted molar refractivity (Wildman–Crippen MR) is 382 cm³/mol. The number of hydrogen-bond acceptors (Lipinski definition) is 7. The summed E-state index contributed by atoms with van der Waals surface area (Å²) in [5.74, 6) is 5.80. The van der Waals surface area contributed by atoms with Gasteiger partial charge in [-0.1, -0.05) is 196 Å². The molecule has 1 fully saturated rings. The number of para-hydroxylation sites is 3. The Morgan fingerprint density at radius 3 is 1.14 bits per heavy atom. The molecule has 1 saturated carbocycles. The second kappa shape index (κ2) is 41.4. The maximum Gasteiger partial charge on any atom is 3.00 e. The molecule has 11 rings (SSSR count). The maximum absolute atomic E-state index is 9.75. The Hall–Kier alpha value is -5.77. The number of rotatable bonds is 11. The normalized spacial score (nSPS) is 12.1. The van der Waals surface area contributed by atoms with E-state index in [1.807, 2.05) is 104 Å². The molecule has 5 heterocycles. The predicted octanol–water partition coefficient (Wildman–Crippen LogP) is 24.7. The van der Waals surface area contributed by atoms with E-state index in [9.17, 15) is 17.3 Å². The van der Waals surface area contributed by atoms with Gasteiger partial charge in [0, 0.05) is 87.9 Å². The van der Waals surface area contributed by atoms with Crippen molar-refractivity contribution in [3.63, 3.8) is 0 Å². The average molecular weight is 1710 g/mol. The van der Waals surface area contributed by atoms with Crippen LogP contribution in [-0.4, -0.2) is 45.9 Å². The number of fused-ring (bicyclic) bond motifs is 2. The van der Waals surface area contributed by atoms with Crippen molar-refractivity contribution in [3.05, 3.63) is 191 Å². The Labute approximate surface area is 595 Å². The number of imidazole rings is 3. The van der Waals surface area contributed by atoms with Gasteiger partial charge in [-0.15, -0.1) is 23.8 Å². The van der Waals surface area contributed by atoms with Crippen molar-refractivity contribution in [2.75, 3.05) is 0 Å². The smallest absolute Gasteiger partial charge is 0.488 e. The number of oxazole rings is 2. The molecule has 1 radical (unpaired) electrons. The van der Waals surface area contributed by atoms with Crippen molar-refractivity contribution in [2.24, 2.45) is 0 Å². The second-order valence-corrected chi connectivity index (χ2v) is 25.5. The Morgan fingerprint density at radius 1 is 0.479 bits per heavy atom. The monoisotopic (exact) mass is 1710 g/mol. The fraction of sp³-hybridized carbons (Fsp3) is 0.434. The number of aryl methyl sites for hydroxylation is 2. The Bertz CT molecular complexity index is 3500. The zero-order chi connectivity index (χ0) is 67.1. The summed E-state index contributed by atoms with van der Waals surface area (Å²) >= 11 is 3.52. The van der Waals surface area contributed by atoms with Crippen LogP contribution in [0, 0.1) is 32.8 Å². The molecule has 0 atom stereocenters. The molecule has 1 aliphatic carbocycles. The molecule has 18 heteroatoms. The molecule has 94 heavy (non-hydrogen) atoms. The number of hydrogen-bond donors (Lipinski definition) is 0. The van der Waals surface area contributed by atoms with Crippen molar-refractivity contribution in [1.82, 2.24) is 38.6 Å². The van der Waals surface area contributed by atoms with Crippen molar-refractivity contribution < 1.29 is 66.3 Å². The van der Waals surface area contributed by atoms with Gasteiger partial charge < -0.3 is 43.5 Å². The summed E-state index contributed by atoms with van der Waals surface area (Å²) in [5, 5.41) is 0. The van der Waals surface area contributed by atoms with E-state index in [0.29, 0.717) is 47.3 Å². The molecule has 0 saturated heterocycles. The van der Waals surface area contributed by atoms with Gasteiger partial charge in [0.15, 0.2) is 22.1 Å². The van der Waals surface area contributed by atoms with Crippen LogP contribution in [0.3, 0.4) is 0 Å². The van der Waals surface area contributed by atoms with E-state index in [-0.39, 0.29) is 47.6 Å². The fourth-order valence-corrected chi connectivity index (χ4v) is 11.3. The van der Waals surface area contributed by atoms with Gasteiger partial charge in [0.2, 0.25) is 0 Å². The largest absolute Gasteiger partial charge is 3.00 e. The fourth-order valence-electron chi connectivity index (χ4n) is 10.9. The van der Waals surface area contributed by atoms with E-state index in [4.69, 9.17) is 8.83 Å². The summed E-state index contributed by atoms with van der Waals surface area (Å²) in [6.45, 7) is 38.5. The molecule has 5 aromatic carbocycles. The average Bonchev–Trinajstić information content (AvgIpc) is 1.46. The van der Waals surface area contributed by atoms with Gasteiger partial charge in [0.1, 0.15) is 11.3 Å². The summed E-state index contributed by atoms with van der Waals surface area (Å²) in [6.07, 6.45) is 27.6. The molecule has 5 aromatic heterocycles. The van der Waals surface area contributed by atoms with E-state index in [1.54, 1.807) is 0 Å². The van der Waals surface area contributed by atoms with Crippen molar-refractivity contribution >= 4 is 45.4 Å². The number of halogens is 5.